The monoisotopic (exact) mass is 286 g/mol. The average molecular weight is 286 g/mol. The third-order valence-electron chi connectivity index (χ3n) is 4.18. The highest BCUT2D eigenvalue weighted by Gasteiger charge is 2.30. The van der Waals surface area contributed by atoms with Gasteiger partial charge in [0.05, 0.1) is 11.7 Å². The number of rotatable bonds is 2. The Labute approximate surface area is 117 Å². The third kappa shape index (κ3) is 3.98. The molecule has 1 fully saturated rings. The first-order chi connectivity index (χ1) is 9.48. The molecule has 0 heterocycles. The second-order valence-electron chi connectivity index (χ2n) is 5.67. The summed E-state index contributed by atoms with van der Waals surface area (Å²) in [4.78, 5) is 0. The summed E-state index contributed by atoms with van der Waals surface area (Å²) >= 11 is 0. The zero-order chi connectivity index (χ0) is 14.6. The molecule has 2 rings (SSSR count). The minimum atomic E-state index is -4.32. The Morgan fingerprint density at radius 2 is 1.40 bits per heavy atom. The van der Waals surface area contributed by atoms with Crippen LogP contribution < -0.4 is 0 Å². The summed E-state index contributed by atoms with van der Waals surface area (Å²) < 4.78 is 37.5. The van der Waals surface area contributed by atoms with E-state index < -0.39 is 17.8 Å². The van der Waals surface area contributed by atoms with Gasteiger partial charge in [-0.05, 0) is 36.5 Å². The van der Waals surface area contributed by atoms with Gasteiger partial charge in [-0.3, -0.25) is 0 Å². The molecule has 20 heavy (non-hydrogen) atoms. The minimum absolute atomic E-state index is 0.173. The fourth-order valence-electron chi connectivity index (χ4n) is 2.94. The molecule has 0 spiro atoms. The predicted molar refractivity (Wildman–Crippen MR) is 72.2 cm³/mol. The molecule has 4 heteroatoms. The van der Waals surface area contributed by atoms with Crippen molar-refractivity contribution in [2.24, 2.45) is 5.92 Å². The topological polar surface area (TPSA) is 20.2 Å². The maximum Gasteiger partial charge on any atom is 0.416 e. The fourth-order valence-corrected chi connectivity index (χ4v) is 2.94. The average Bonchev–Trinajstić information content (AvgIpc) is 2.37. The number of halogens is 3. The van der Waals surface area contributed by atoms with Crippen molar-refractivity contribution in [1.29, 1.82) is 0 Å². The minimum Gasteiger partial charge on any atom is -0.388 e. The molecule has 0 saturated heterocycles. The Balaban J connectivity index is 2.05. The van der Waals surface area contributed by atoms with E-state index in [9.17, 15) is 18.3 Å². The van der Waals surface area contributed by atoms with Crippen LogP contribution in [0.2, 0.25) is 0 Å². The van der Waals surface area contributed by atoms with Crippen LogP contribution in [-0.4, -0.2) is 5.11 Å². The summed E-state index contributed by atoms with van der Waals surface area (Å²) in [5.74, 6) is 0.173. The van der Waals surface area contributed by atoms with E-state index in [0.717, 1.165) is 37.8 Å². The maximum absolute atomic E-state index is 12.5. The molecule has 1 N–H and O–H groups in total. The van der Waals surface area contributed by atoms with Crippen LogP contribution >= 0.6 is 0 Å². The van der Waals surface area contributed by atoms with Crippen LogP contribution in [0.25, 0.3) is 0 Å². The second-order valence-corrected chi connectivity index (χ2v) is 5.67. The molecule has 1 aliphatic rings. The Hall–Kier alpha value is -1.03. The molecule has 0 amide bonds. The lowest BCUT2D eigenvalue weighted by Gasteiger charge is -2.25. The highest BCUT2D eigenvalue weighted by atomic mass is 19.4. The van der Waals surface area contributed by atoms with Crippen molar-refractivity contribution < 1.29 is 18.3 Å². The molecule has 0 bridgehead atoms. The van der Waals surface area contributed by atoms with E-state index in [0.29, 0.717) is 5.56 Å². The van der Waals surface area contributed by atoms with Crippen molar-refractivity contribution in [2.45, 2.75) is 57.2 Å². The quantitative estimate of drug-likeness (QED) is 0.802. The van der Waals surface area contributed by atoms with Gasteiger partial charge in [-0.25, -0.2) is 0 Å². The van der Waals surface area contributed by atoms with Crippen molar-refractivity contribution in [2.75, 3.05) is 0 Å². The zero-order valence-corrected chi connectivity index (χ0v) is 11.5. The zero-order valence-electron chi connectivity index (χ0n) is 11.5. The Morgan fingerprint density at radius 1 is 0.900 bits per heavy atom. The number of benzene rings is 1. The molecule has 1 aliphatic carbocycles. The molecule has 0 aliphatic heterocycles. The number of aliphatic hydroxyl groups is 1. The van der Waals surface area contributed by atoms with Crippen LogP contribution in [0.15, 0.2) is 24.3 Å². The van der Waals surface area contributed by atoms with Gasteiger partial charge in [0.15, 0.2) is 0 Å². The van der Waals surface area contributed by atoms with Crippen molar-refractivity contribution in [1.82, 2.24) is 0 Å². The van der Waals surface area contributed by atoms with Gasteiger partial charge in [-0.15, -0.1) is 0 Å². The standard InChI is InChI=1S/C16H21F3O/c17-16(18,19)14-10-8-13(9-11-14)15(20)12-6-4-2-1-3-5-7-12/h8-12,15,20H,1-7H2. The summed E-state index contributed by atoms with van der Waals surface area (Å²) in [5, 5.41) is 10.4. The van der Waals surface area contributed by atoms with E-state index in [2.05, 4.69) is 0 Å². The van der Waals surface area contributed by atoms with E-state index in [-0.39, 0.29) is 5.92 Å². The smallest absolute Gasteiger partial charge is 0.388 e. The molecule has 1 saturated carbocycles. The molecule has 0 aromatic heterocycles. The molecule has 0 radical (unpaired) electrons. The maximum atomic E-state index is 12.5. The van der Waals surface area contributed by atoms with Gasteiger partial charge >= 0.3 is 6.18 Å². The summed E-state index contributed by atoms with van der Waals surface area (Å²) in [6.45, 7) is 0. The van der Waals surface area contributed by atoms with Crippen molar-refractivity contribution in [3.8, 4) is 0 Å². The van der Waals surface area contributed by atoms with Crippen LogP contribution in [0.5, 0.6) is 0 Å². The highest BCUT2D eigenvalue weighted by Crippen LogP contribution is 2.34. The van der Waals surface area contributed by atoms with E-state index in [4.69, 9.17) is 0 Å². The van der Waals surface area contributed by atoms with Gasteiger partial charge in [-0.2, -0.15) is 13.2 Å². The van der Waals surface area contributed by atoms with Crippen molar-refractivity contribution >= 4 is 0 Å². The van der Waals surface area contributed by atoms with Crippen LogP contribution in [-0.2, 0) is 6.18 Å². The lowest BCUT2D eigenvalue weighted by molar-refractivity contribution is -0.137. The molecule has 1 nitrogen and oxygen atoms in total. The van der Waals surface area contributed by atoms with Gasteiger partial charge in [0.2, 0.25) is 0 Å². The molecule has 1 unspecified atom stereocenters. The molecular weight excluding hydrogens is 265 g/mol. The van der Waals surface area contributed by atoms with Crippen molar-refractivity contribution in [3.63, 3.8) is 0 Å². The number of aliphatic hydroxyl groups excluding tert-OH is 1. The number of hydrogen-bond donors (Lipinski definition) is 1. The van der Waals surface area contributed by atoms with E-state index >= 15 is 0 Å². The van der Waals surface area contributed by atoms with Gasteiger partial charge in [0, 0.05) is 0 Å². The molecule has 112 valence electrons. The van der Waals surface area contributed by atoms with Gasteiger partial charge < -0.3 is 5.11 Å². The number of hydrogen-bond acceptors (Lipinski definition) is 1. The largest absolute Gasteiger partial charge is 0.416 e. The predicted octanol–water partition coefficient (Wildman–Crippen LogP) is 5.10. The highest BCUT2D eigenvalue weighted by molar-refractivity contribution is 5.26. The first-order valence-corrected chi connectivity index (χ1v) is 7.34. The third-order valence-corrected chi connectivity index (χ3v) is 4.18. The SMILES string of the molecule is OC(c1ccc(C(F)(F)F)cc1)C1CCCCCCC1. The Bertz CT molecular complexity index is 403. The normalized spacial score (nSPS) is 20.2. The second kappa shape index (κ2) is 6.61. The van der Waals surface area contributed by atoms with Crippen molar-refractivity contribution in [3.05, 3.63) is 35.4 Å². The molecule has 1 aromatic rings. The van der Waals surface area contributed by atoms with E-state index in [1.54, 1.807) is 0 Å². The van der Waals surface area contributed by atoms with Crippen LogP contribution in [0.4, 0.5) is 13.2 Å². The molecular formula is C16H21F3O. The van der Waals surface area contributed by atoms with Gasteiger partial charge in [0.25, 0.3) is 0 Å². The summed E-state index contributed by atoms with van der Waals surface area (Å²) in [7, 11) is 0. The summed E-state index contributed by atoms with van der Waals surface area (Å²) in [6, 6.07) is 4.93. The van der Waals surface area contributed by atoms with Gasteiger partial charge in [-0.1, -0.05) is 44.2 Å². The Morgan fingerprint density at radius 3 is 1.90 bits per heavy atom. The molecule has 1 atom stereocenters. The summed E-state index contributed by atoms with van der Waals surface area (Å²) in [6.07, 6.45) is 2.80. The first kappa shape index (κ1) is 15.4. The molecule has 1 aromatic carbocycles. The van der Waals surface area contributed by atoms with Crippen LogP contribution in [0, 0.1) is 5.92 Å². The van der Waals surface area contributed by atoms with Gasteiger partial charge in [0.1, 0.15) is 0 Å². The van der Waals surface area contributed by atoms with Crippen LogP contribution in [0.3, 0.4) is 0 Å². The number of alkyl halides is 3. The Kier molecular flexibility index (Phi) is 5.08. The first-order valence-electron chi connectivity index (χ1n) is 7.34. The fraction of sp³-hybridized carbons (Fsp3) is 0.625. The lowest BCUT2D eigenvalue weighted by atomic mass is 9.84. The lowest BCUT2D eigenvalue weighted by Crippen LogP contribution is -2.14. The van der Waals surface area contributed by atoms with Crippen LogP contribution in [0.1, 0.15) is 62.2 Å². The van der Waals surface area contributed by atoms with E-state index in [1.165, 1.54) is 31.4 Å². The van der Waals surface area contributed by atoms with E-state index in [1.807, 2.05) is 0 Å². The summed E-state index contributed by atoms with van der Waals surface area (Å²) in [5.41, 5.74) is -0.0605.